The molecular weight excluding hydrogens is 311 g/mol. The molecule has 1 atom stereocenters. The first-order valence-corrected chi connectivity index (χ1v) is 6.91. The summed E-state index contributed by atoms with van der Waals surface area (Å²) < 4.78 is 5.09. The second kappa shape index (κ2) is 6.70. The molecule has 0 spiro atoms. The number of ether oxygens (including phenoxy) is 1. The third kappa shape index (κ3) is 3.80. The number of carbonyl (C=O) groups is 1. The van der Waals surface area contributed by atoms with Gasteiger partial charge in [-0.3, -0.25) is 4.79 Å². The Morgan fingerprint density at radius 3 is 2.57 bits per heavy atom. The number of rotatable bonds is 5. The van der Waals surface area contributed by atoms with E-state index in [4.69, 9.17) is 33.7 Å². The van der Waals surface area contributed by atoms with Crippen molar-refractivity contribution in [3.05, 3.63) is 58.1 Å². The van der Waals surface area contributed by atoms with Gasteiger partial charge < -0.3 is 15.8 Å². The van der Waals surface area contributed by atoms with Crippen LogP contribution in [0.3, 0.4) is 0 Å². The standard InChI is InChI=1S/C15H14Cl2N2O2/c1-21-13-6-5-9(7-12(13)17)14(15(18)20)19-11-4-2-3-10(16)8-11/h2-8,14,19H,1H3,(H2,18,20). The number of primary amides is 1. The van der Waals surface area contributed by atoms with Crippen LogP contribution < -0.4 is 15.8 Å². The van der Waals surface area contributed by atoms with E-state index >= 15 is 0 Å². The van der Waals surface area contributed by atoms with Gasteiger partial charge in [-0.2, -0.15) is 0 Å². The Morgan fingerprint density at radius 1 is 1.24 bits per heavy atom. The average molecular weight is 325 g/mol. The van der Waals surface area contributed by atoms with Gasteiger partial charge in [0, 0.05) is 10.7 Å². The first kappa shape index (κ1) is 15.5. The van der Waals surface area contributed by atoms with E-state index in [0.717, 1.165) is 0 Å². The van der Waals surface area contributed by atoms with E-state index in [1.165, 1.54) is 7.11 Å². The largest absolute Gasteiger partial charge is 0.495 e. The zero-order valence-electron chi connectivity index (χ0n) is 11.3. The fourth-order valence-electron chi connectivity index (χ4n) is 1.93. The molecule has 0 aliphatic heterocycles. The van der Waals surface area contributed by atoms with Gasteiger partial charge in [-0.1, -0.05) is 35.3 Å². The normalized spacial score (nSPS) is 11.8. The number of benzene rings is 2. The van der Waals surface area contributed by atoms with Crippen LogP contribution in [0.15, 0.2) is 42.5 Å². The maximum atomic E-state index is 11.7. The quantitative estimate of drug-likeness (QED) is 0.882. The van der Waals surface area contributed by atoms with Crippen molar-refractivity contribution in [2.24, 2.45) is 5.73 Å². The minimum atomic E-state index is -0.716. The minimum absolute atomic E-state index is 0.411. The number of amides is 1. The smallest absolute Gasteiger partial charge is 0.244 e. The summed E-state index contributed by atoms with van der Waals surface area (Å²) in [5.74, 6) is 0.0163. The molecule has 0 saturated heterocycles. The molecular formula is C15H14Cl2N2O2. The number of nitrogens with two attached hydrogens (primary N) is 1. The van der Waals surface area contributed by atoms with Crippen molar-refractivity contribution < 1.29 is 9.53 Å². The Balaban J connectivity index is 2.31. The topological polar surface area (TPSA) is 64.3 Å². The Bertz CT molecular complexity index is 662. The van der Waals surface area contributed by atoms with Gasteiger partial charge >= 0.3 is 0 Å². The number of anilines is 1. The molecule has 2 rings (SSSR count). The Hall–Kier alpha value is -1.91. The Kier molecular flexibility index (Phi) is 4.94. The molecule has 21 heavy (non-hydrogen) atoms. The molecule has 110 valence electrons. The van der Waals surface area contributed by atoms with Crippen molar-refractivity contribution >= 4 is 34.8 Å². The average Bonchev–Trinajstić information content (AvgIpc) is 2.44. The van der Waals surface area contributed by atoms with E-state index in [1.807, 2.05) is 0 Å². The van der Waals surface area contributed by atoms with Crippen LogP contribution in [0.2, 0.25) is 10.0 Å². The Labute approximate surface area is 132 Å². The highest BCUT2D eigenvalue weighted by atomic mass is 35.5. The lowest BCUT2D eigenvalue weighted by atomic mass is 10.1. The predicted octanol–water partition coefficient (Wildman–Crippen LogP) is 3.64. The number of halogens is 2. The van der Waals surface area contributed by atoms with Crippen molar-refractivity contribution in [1.29, 1.82) is 0 Å². The van der Waals surface area contributed by atoms with E-state index in [9.17, 15) is 4.79 Å². The van der Waals surface area contributed by atoms with Crippen LogP contribution >= 0.6 is 23.2 Å². The van der Waals surface area contributed by atoms with Crippen molar-refractivity contribution in [2.45, 2.75) is 6.04 Å². The van der Waals surface area contributed by atoms with E-state index < -0.39 is 11.9 Å². The minimum Gasteiger partial charge on any atom is -0.495 e. The van der Waals surface area contributed by atoms with E-state index in [2.05, 4.69) is 5.32 Å². The maximum absolute atomic E-state index is 11.7. The Morgan fingerprint density at radius 2 is 2.00 bits per heavy atom. The van der Waals surface area contributed by atoms with Gasteiger partial charge in [0.1, 0.15) is 11.8 Å². The molecule has 0 aliphatic carbocycles. The summed E-state index contributed by atoms with van der Waals surface area (Å²) in [5, 5.41) is 4.02. The van der Waals surface area contributed by atoms with Crippen LogP contribution in [0.4, 0.5) is 5.69 Å². The molecule has 1 amide bonds. The van der Waals surface area contributed by atoms with E-state index in [1.54, 1.807) is 42.5 Å². The summed E-state index contributed by atoms with van der Waals surface area (Å²) in [7, 11) is 1.52. The lowest BCUT2D eigenvalue weighted by Gasteiger charge is -2.18. The van der Waals surface area contributed by atoms with Gasteiger partial charge in [-0.25, -0.2) is 0 Å². The summed E-state index contributed by atoms with van der Waals surface area (Å²) in [6.07, 6.45) is 0. The molecule has 0 heterocycles. The molecule has 6 heteroatoms. The monoisotopic (exact) mass is 324 g/mol. The lowest BCUT2D eigenvalue weighted by Crippen LogP contribution is -2.27. The van der Waals surface area contributed by atoms with Gasteiger partial charge in [0.25, 0.3) is 0 Å². The maximum Gasteiger partial charge on any atom is 0.244 e. The number of hydrogen-bond donors (Lipinski definition) is 2. The fourth-order valence-corrected chi connectivity index (χ4v) is 2.38. The van der Waals surface area contributed by atoms with Crippen LogP contribution in [0, 0.1) is 0 Å². The number of methoxy groups -OCH3 is 1. The second-order valence-electron chi connectivity index (χ2n) is 4.38. The van der Waals surface area contributed by atoms with Crippen molar-refractivity contribution in [3.63, 3.8) is 0 Å². The third-order valence-electron chi connectivity index (χ3n) is 2.93. The fraction of sp³-hybridized carbons (Fsp3) is 0.133. The summed E-state index contributed by atoms with van der Waals surface area (Å²) in [6.45, 7) is 0. The molecule has 0 aliphatic rings. The van der Waals surface area contributed by atoms with Crippen LogP contribution in [-0.4, -0.2) is 13.0 Å². The third-order valence-corrected chi connectivity index (χ3v) is 3.46. The molecule has 0 radical (unpaired) electrons. The van der Waals surface area contributed by atoms with Crippen LogP contribution in [0.5, 0.6) is 5.75 Å². The molecule has 2 aromatic carbocycles. The van der Waals surface area contributed by atoms with Crippen molar-refractivity contribution in [1.82, 2.24) is 0 Å². The lowest BCUT2D eigenvalue weighted by molar-refractivity contribution is -0.118. The zero-order chi connectivity index (χ0) is 15.4. The number of nitrogens with one attached hydrogen (secondary N) is 1. The van der Waals surface area contributed by atoms with Crippen LogP contribution in [0.1, 0.15) is 11.6 Å². The molecule has 3 N–H and O–H groups in total. The molecule has 1 unspecified atom stereocenters. The second-order valence-corrected chi connectivity index (χ2v) is 5.23. The molecule has 4 nitrogen and oxygen atoms in total. The molecule has 0 fully saturated rings. The van der Waals surface area contributed by atoms with Gasteiger partial charge in [-0.05, 0) is 35.9 Å². The highest BCUT2D eigenvalue weighted by Gasteiger charge is 2.19. The number of carbonyl (C=O) groups excluding carboxylic acids is 1. The highest BCUT2D eigenvalue weighted by Crippen LogP contribution is 2.29. The predicted molar refractivity (Wildman–Crippen MR) is 85.0 cm³/mol. The van der Waals surface area contributed by atoms with Gasteiger partial charge in [0.15, 0.2) is 0 Å². The summed E-state index contributed by atoms with van der Waals surface area (Å²) in [5.41, 5.74) is 6.81. The van der Waals surface area contributed by atoms with E-state index in [-0.39, 0.29) is 0 Å². The SMILES string of the molecule is COc1ccc(C(Nc2cccc(Cl)c2)C(N)=O)cc1Cl. The first-order chi connectivity index (χ1) is 10.0. The molecule has 0 bridgehead atoms. The van der Waals surface area contributed by atoms with E-state index in [0.29, 0.717) is 27.0 Å². The van der Waals surface area contributed by atoms with Gasteiger partial charge in [-0.15, -0.1) is 0 Å². The highest BCUT2D eigenvalue weighted by molar-refractivity contribution is 6.32. The van der Waals surface area contributed by atoms with Crippen molar-refractivity contribution in [3.8, 4) is 5.75 Å². The van der Waals surface area contributed by atoms with Crippen LogP contribution in [-0.2, 0) is 4.79 Å². The van der Waals surface area contributed by atoms with Gasteiger partial charge in [0.05, 0.1) is 12.1 Å². The van der Waals surface area contributed by atoms with Gasteiger partial charge in [0.2, 0.25) is 5.91 Å². The summed E-state index contributed by atoms with van der Waals surface area (Å²) >= 11 is 12.0. The molecule has 0 saturated carbocycles. The summed E-state index contributed by atoms with van der Waals surface area (Å²) in [6, 6.07) is 11.4. The summed E-state index contributed by atoms with van der Waals surface area (Å²) in [4.78, 5) is 11.7. The van der Waals surface area contributed by atoms with Crippen molar-refractivity contribution in [2.75, 3.05) is 12.4 Å². The molecule has 0 aromatic heterocycles. The zero-order valence-corrected chi connectivity index (χ0v) is 12.8. The molecule has 2 aromatic rings. The van der Waals surface area contributed by atoms with Crippen LogP contribution in [0.25, 0.3) is 0 Å². The first-order valence-electron chi connectivity index (χ1n) is 6.16. The number of hydrogen-bond acceptors (Lipinski definition) is 3.